The van der Waals surface area contributed by atoms with E-state index in [1.54, 1.807) is 24.3 Å². The molecule has 0 fully saturated rings. The summed E-state index contributed by atoms with van der Waals surface area (Å²) in [5.41, 5.74) is -0.821. The first-order chi connectivity index (χ1) is 11.2. The lowest BCUT2D eigenvalue weighted by Gasteiger charge is -2.23. The third kappa shape index (κ3) is 4.17. The van der Waals surface area contributed by atoms with Crippen LogP contribution in [-0.4, -0.2) is 11.8 Å². The van der Waals surface area contributed by atoms with Crippen molar-refractivity contribution in [3.05, 3.63) is 58.6 Å². The fourth-order valence-electron chi connectivity index (χ4n) is 1.82. The Morgan fingerprint density at radius 2 is 1.50 bits per heavy atom. The number of rotatable bonds is 4. The predicted molar refractivity (Wildman–Crippen MR) is 91.5 cm³/mol. The van der Waals surface area contributed by atoms with Crippen LogP contribution in [0.4, 0.5) is 20.2 Å². The molecule has 0 aliphatic rings. The topological polar surface area (TPSA) is 58.2 Å². The van der Waals surface area contributed by atoms with Crippen molar-refractivity contribution in [2.75, 3.05) is 10.6 Å². The van der Waals surface area contributed by atoms with Gasteiger partial charge in [0.25, 0.3) is 0 Å². The molecule has 0 bridgehead atoms. The summed E-state index contributed by atoms with van der Waals surface area (Å²) in [6, 6.07) is 9.91. The second-order valence-corrected chi connectivity index (χ2v) is 6.59. The fourth-order valence-corrected chi connectivity index (χ4v) is 2.22. The number of halogens is 3. The van der Waals surface area contributed by atoms with Gasteiger partial charge >= 0.3 is 0 Å². The van der Waals surface area contributed by atoms with E-state index in [9.17, 15) is 18.4 Å². The van der Waals surface area contributed by atoms with Gasteiger partial charge in [-0.3, -0.25) is 9.59 Å². The van der Waals surface area contributed by atoms with Gasteiger partial charge in [-0.1, -0.05) is 22.0 Å². The molecule has 0 aliphatic carbocycles. The van der Waals surface area contributed by atoms with Crippen molar-refractivity contribution in [1.29, 1.82) is 0 Å². The summed E-state index contributed by atoms with van der Waals surface area (Å²) < 4.78 is 26.9. The Bertz CT molecular complexity index is 794. The monoisotopic (exact) mass is 396 g/mol. The largest absolute Gasteiger partial charge is 0.325 e. The minimum absolute atomic E-state index is 0.0715. The maximum Gasteiger partial charge on any atom is 0.239 e. The second-order valence-electron chi connectivity index (χ2n) is 5.67. The first kappa shape index (κ1) is 18.1. The smallest absolute Gasteiger partial charge is 0.239 e. The molecule has 0 unspecified atom stereocenters. The zero-order chi connectivity index (χ0) is 17.9. The van der Waals surface area contributed by atoms with E-state index in [0.29, 0.717) is 5.69 Å². The van der Waals surface area contributed by atoms with Gasteiger partial charge in [0.2, 0.25) is 11.8 Å². The summed E-state index contributed by atoms with van der Waals surface area (Å²) in [6.45, 7) is 2.88. The summed E-state index contributed by atoms with van der Waals surface area (Å²) in [5.74, 6) is -3.26. The average molecular weight is 397 g/mol. The Balaban J connectivity index is 2.11. The van der Waals surface area contributed by atoms with Crippen LogP contribution in [0.2, 0.25) is 0 Å². The Labute approximate surface area is 146 Å². The molecule has 0 spiro atoms. The van der Waals surface area contributed by atoms with Gasteiger partial charge in [0.05, 0.1) is 0 Å². The van der Waals surface area contributed by atoms with Crippen molar-refractivity contribution in [2.24, 2.45) is 5.41 Å². The van der Waals surface area contributed by atoms with Gasteiger partial charge in [0.15, 0.2) is 11.6 Å². The average Bonchev–Trinajstić information content (AvgIpc) is 2.50. The van der Waals surface area contributed by atoms with Crippen LogP contribution in [0, 0.1) is 17.0 Å². The van der Waals surface area contributed by atoms with Gasteiger partial charge in [-0.15, -0.1) is 0 Å². The maximum absolute atomic E-state index is 13.2. The molecule has 7 heteroatoms. The molecule has 0 radical (unpaired) electrons. The van der Waals surface area contributed by atoms with Crippen molar-refractivity contribution in [3.8, 4) is 0 Å². The lowest BCUT2D eigenvalue weighted by Crippen LogP contribution is -2.41. The third-order valence-corrected chi connectivity index (χ3v) is 3.89. The zero-order valence-electron chi connectivity index (χ0n) is 13.0. The quantitative estimate of drug-likeness (QED) is 0.755. The Hall–Kier alpha value is -2.28. The first-order valence-corrected chi connectivity index (χ1v) is 7.83. The molecule has 2 aromatic carbocycles. The molecular formula is C17H15BrF2N2O2. The predicted octanol–water partition coefficient (Wildman–Crippen LogP) is 4.33. The number of amides is 2. The highest BCUT2D eigenvalue weighted by molar-refractivity contribution is 9.10. The summed E-state index contributed by atoms with van der Waals surface area (Å²) in [7, 11) is 0. The van der Waals surface area contributed by atoms with E-state index in [2.05, 4.69) is 26.6 Å². The van der Waals surface area contributed by atoms with E-state index >= 15 is 0 Å². The van der Waals surface area contributed by atoms with Gasteiger partial charge in [0, 0.05) is 21.9 Å². The number of carbonyl (C=O) groups excluding carboxylic acids is 2. The molecule has 2 rings (SSSR count). The molecule has 0 heterocycles. The minimum Gasteiger partial charge on any atom is -0.325 e. The summed E-state index contributed by atoms with van der Waals surface area (Å²) in [5, 5.41) is 5.06. The van der Waals surface area contributed by atoms with Crippen LogP contribution in [0.5, 0.6) is 0 Å². The summed E-state index contributed by atoms with van der Waals surface area (Å²) >= 11 is 3.29. The van der Waals surface area contributed by atoms with Gasteiger partial charge < -0.3 is 10.6 Å². The van der Waals surface area contributed by atoms with Crippen molar-refractivity contribution < 1.29 is 18.4 Å². The van der Waals surface area contributed by atoms with E-state index in [-0.39, 0.29) is 5.69 Å². The molecule has 24 heavy (non-hydrogen) atoms. The number of hydrogen-bond donors (Lipinski definition) is 2. The van der Waals surface area contributed by atoms with Gasteiger partial charge in [-0.25, -0.2) is 8.78 Å². The number of carbonyl (C=O) groups is 2. The highest BCUT2D eigenvalue weighted by atomic mass is 79.9. The molecule has 0 atom stereocenters. The van der Waals surface area contributed by atoms with Crippen molar-refractivity contribution in [2.45, 2.75) is 13.8 Å². The summed E-state index contributed by atoms with van der Waals surface area (Å²) in [6.07, 6.45) is 0. The Morgan fingerprint density at radius 3 is 2.04 bits per heavy atom. The van der Waals surface area contributed by atoms with Crippen LogP contribution in [-0.2, 0) is 9.59 Å². The Kier molecular flexibility index (Phi) is 5.33. The van der Waals surface area contributed by atoms with Crippen LogP contribution in [0.15, 0.2) is 46.9 Å². The number of anilines is 2. The normalized spacial score (nSPS) is 11.0. The van der Waals surface area contributed by atoms with Gasteiger partial charge in [-0.2, -0.15) is 0 Å². The van der Waals surface area contributed by atoms with E-state index in [1.165, 1.54) is 19.9 Å². The Morgan fingerprint density at radius 1 is 0.917 bits per heavy atom. The van der Waals surface area contributed by atoms with Crippen molar-refractivity contribution >= 4 is 39.1 Å². The molecule has 0 aliphatic heterocycles. The van der Waals surface area contributed by atoms with Crippen LogP contribution in [0.1, 0.15) is 13.8 Å². The molecule has 2 aromatic rings. The van der Waals surface area contributed by atoms with Crippen LogP contribution in [0.25, 0.3) is 0 Å². The lowest BCUT2D eigenvalue weighted by molar-refractivity contribution is -0.135. The standard InChI is InChI=1S/C17H15BrF2N2O2/c1-17(2,15(23)21-11-5-3-4-10(18)8-11)16(24)22-12-6-7-13(19)14(20)9-12/h3-9H,1-2H3,(H,21,23)(H,22,24). The highest BCUT2D eigenvalue weighted by Gasteiger charge is 2.36. The van der Waals surface area contributed by atoms with Crippen LogP contribution >= 0.6 is 15.9 Å². The molecule has 2 N–H and O–H groups in total. The molecule has 2 amide bonds. The second kappa shape index (κ2) is 7.09. The lowest BCUT2D eigenvalue weighted by atomic mass is 9.90. The molecule has 126 valence electrons. The maximum atomic E-state index is 13.2. The SMILES string of the molecule is CC(C)(C(=O)Nc1cccc(Br)c1)C(=O)Nc1ccc(F)c(F)c1. The fraction of sp³-hybridized carbons (Fsp3) is 0.176. The molecule has 0 saturated heterocycles. The molecule has 4 nitrogen and oxygen atoms in total. The summed E-state index contributed by atoms with van der Waals surface area (Å²) in [4.78, 5) is 24.7. The first-order valence-electron chi connectivity index (χ1n) is 7.03. The number of benzene rings is 2. The molecule has 0 aromatic heterocycles. The van der Waals surface area contributed by atoms with Gasteiger partial charge in [0.1, 0.15) is 5.41 Å². The number of hydrogen-bond acceptors (Lipinski definition) is 2. The molecule has 0 saturated carbocycles. The highest BCUT2D eigenvalue weighted by Crippen LogP contribution is 2.23. The third-order valence-electron chi connectivity index (χ3n) is 3.40. The van der Waals surface area contributed by atoms with Gasteiger partial charge in [-0.05, 0) is 44.2 Å². The van der Waals surface area contributed by atoms with E-state index in [0.717, 1.165) is 16.6 Å². The van der Waals surface area contributed by atoms with Crippen molar-refractivity contribution in [1.82, 2.24) is 0 Å². The molecular weight excluding hydrogens is 382 g/mol. The van der Waals surface area contributed by atoms with E-state index in [1.807, 2.05) is 0 Å². The minimum atomic E-state index is -1.42. The van der Waals surface area contributed by atoms with Crippen LogP contribution in [0.3, 0.4) is 0 Å². The van der Waals surface area contributed by atoms with E-state index < -0.39 is 28.9 Å². The number of nitrogens with one attached hydrogen (secondary N) is 2. The zero-order valence-corrected chi connectivity index (χ0v) is 14.6. The van der Waals surface area contributed by atoms with E-state index in [4.69, 9.17) is 0 Å². The van der Waals surface area contributed by atoms with Crippen molar-refractivity contribution in [3.63, 3.8) is 0 Å². The van der Waals surface area contributed by atoms with Crippen LogP contribution < -0.4 is 10.6 Å².